The number of ketones is 1. The van der Waals surface area contributed by atoms with E-state index in [9.17, 15) is 19.5 Å². The van der Waals surface area contributed by atoms with E-state index in [-0.39, 0.29) is 28.7 Å². The number of imide groups is 1. The van der Waals surface area contributed by atoms with E-state index >= 15 is 0 Å². The molecular formula is C50H66N2O10Si2. The van der Waals surface area contributed by atoms with Gasteiger partial charge >= 0.3 is 6.03 Å². The maximum atomic E-state index is 14.9. The first kappa shape index (κ1) is 48.8. The predicted octanol–water partition coefficient (Wildman–Crippen LogP) is 9.42. The van der Waals surface area contributed by atoms with Gasteiger partial charge in [-0.05, 0) is 84.1 Å². The topological polar surface area (TPSA) is 142 Å². The van der Waals surface area contributed by atoms with Gasteiger partial charge in [0.05, 0.1) is 20.8 Å². The lowest BCUT2D eigenvalue weighted by Crippen LogP contribution is -2.75. The third-order valence-electron chi connectivity index (χ3n) is 13.8. The second kappa shape index (κ2) is 18.0. The Morgan fingerprint density at radius 3 is 1.69 bits per heavy atom. The number of carbonyl (C=O) groups is 3. The van der Waals surface area contributed by atoms with Gasteiger partial charge in [0.2, 0.25) is 0 Å². The summed E-state index contributed by atoms with van der Waals surface area (Å²) >= 11 is 0. The first-order valence-electron chi connectivity index (χ1n) is 21.8. The minimum Gasteiger partial charge on any atom is -0.497 e. The summed E-state index contributed by atoms with van der Waals surface area (Å²) in [6, 6.07) is 32.4. The number of ether oxygens (including phenoxy) is 4. The highest BCUT2D eigenvalue weighted by atomic mass is 28.4. The van der Waals surface area contributed by atoms with Crippen molar-refractivity contribution >= 4 is 34.4 Å². The molecule has 0 spiro atoms. The third kappa shape index (κ3) is 9.11. The van der Waals surface area contributed by atoms with Crippen LogP contribution in [0.5, 0.6) is 11.5 Å². The number of hydrogen-bond acceptors (Lipinski definition) is 10. The standard InChI is InChI=1S/C50H66N2O10Si2/c1-46(2,3)63(10,11)61-44-48(7,62-64(12,13)47(4,5)6)43(54)51-45(55)52(44)41-32-49(56,42(53)34-20-16-14-17-21-34)40(60-41)33-59-50(35-22-18-15-19-23-35,36-24-28-38(57-8)29-25-36)37-26-30-39(58-9)31-27-37/h14-31,40-41,44,56H,32-33H2,1-13H3,(H,51,54,55)/t40-,41-,44+,48+,49+/m1/s1. The third-order valence-corrected chi connectivity index (χ3v) is 22.8. The van der Waals surface area contributed by atoms with Crippen LogP contribution in [0.3, 0.4) is 0 Å². The number of rotatable bonds is 15. The molecule has 0 saturated carbocycles. The number of methoxy groups -OCH3 is 2. The van der Waals surface area contributed by atoms with Crippen molar-refractivity contribution in [3.63, 3.8) is 0 Å². The van der Waals surface area contributed by atoms with Gasteiger partial charge in [-0.3, -0.25) is 19.8 Å². The smallest absolute Gasteiger partial charge is 0.328 e. The van der Waals surface area contributed by atoms with Crippen LogP contribution in [0.1, 0.15) is 81.9 Å². The maximum absolute atomic E-state index is 14.9. The van der Waals surface area contributed by atoms with Crippen LogP contribution in [0.2, 0.25) is 36.3 Å². The number of carbonyl (C=O) groups excluding carboxylic acids is 3. The van der Waals surface area contributed by atoms with Crippen LogP contribution in [0.15, 0.2) is 109 Å². The van der Waals surface area contributed by atoms with Gasteiger partial charge in [-0.15, -0.1) is 0 Å². The van der Waals surface area contributed by atoms with E-state index < -0.39 is 69.7 Å². The number of Topliss-reactive ketones (excluding diaryl/α,β-unsaturated/α-hetero) is 1. The van der Waals surface area contributed by atoms with Crippen molar-refractivity contribution in [3.8, 4) is 11.5 Å². The molecule has 3 amide bonds. The molecule has 2 N–H and O–H groups in total. The van der Waals surface area contributed by atoms with Crippen LogP contribution in [-0.4, -0.2) is 95.0 Å². The lowest BCUT2D eigenvalue weighted by molar-refractivity contribution is -0.188. The second-order valence-electron chi connectivity index (χ2n) is 20.1. The highest BCUT2D eigenvalue weighted by molar-refractivity contribution is 6.75. The molecule has 0 radical (unpaired) electrons. The number of aliphatic hydroxyl groups is 1. The molecule has 0 aromatic heterocycles. The largest absolute Gasteiger partial charge is 0.497 e. The molecule has 4 aromatic carbocycles. The van der Waals surface area contributed by atoms with Crippen molar-refractivity contribution in [2.24, 2.45) is 0 Å². The van der Waals surface area contributed by atoms with Crippen LogP contribution in [-0.2, 0) is 28.7 Å². The summed E-state index contributed by atoms with van der Waals surface area (Å²) in [7, 11) is -2.37. The quantitative estimate of drug-likeness (QED) is 0.0673. The number of nitrogens with one attached hydrogen (secondary N) is 1. The van der Waals surface area contributed by atoms with Gasteiger partial charge in [0.15, 0.2) is 39.8 Å². The Morgan fingerprint density at radius 2 is 1.22 bits per heavy atom. The number of amides is 3. The Bertz CT molecular complexity index is 2230. The highest BCUT2D eigenvalue weighted by Crippen LogP contribution is 2.48. The van der Waals surface area contributed by atoms with Gasteiger partial charge < -0.3 is 32.9 Å². The van der Waals surface area contributed by atoms with Crippen molar-refractivity contribution in [3.05, 3.63) is 131 Å². The van der Waals surface area contributed by atoms with Crippen molar-refractivity contribution in [2.75, 3.05) is 20.8 Å². The first-order valence-corrected chi connectivity index (χ1v) is 27.6. The Morgan fingerprint density at radius 1 is 0.750 bits per heavy atom. The van der Waals surface area contributed by atoms with E-state index in [1.165, 1.54) is 4.90 Å². The van der Waals surface area contributed by atoms with E-state index in [1.807, 2.05) is 105 Å². The summed E-state index contributed by atoms with van der Waals surface area (Å²) < 4.78 is 39.4. The number of hydrogen-bond donors (Lipinski definition) is 2. The Kier molecular flexibility index (Phi) is 13.7. The molecule has 14 heteroatoms. The monoisotopic (exact) mass is 910 g/mol. The highest BCUT2D eigenvalue weighted by Gasteiger charge is 2.64. The molecule has 2 aliphatic heterocycles. The van der Waals surface area contributed by atoms with E-state index in [4.69, 9.17) is 27.8 Å². The van der Waals surface area contributed by atoms with Gasteiger partial charge in [-0.25, -0.2) is 4.79 Å². The molecule has 64 heavy (non-hydrogen) atoms. The lowest BCUT2D eigenvalue weighted by atomic mass is 9.79. The van der Waals surface area contributed by atoms with Crippen molar-refractivity contribution < 1.29 is 47.3 Å². The van der Waals surface area contributed by atoms with Gasteiger partial charge in [0.1, 0.15) is 29.4 Å². The summed E-state index contributed by atoms with van der Waals surface area (Å²) in [6.45, 7) is 21.9. The zero-order chi connectivity index (χ0) is 47.1. The first-order chi connectivity index (χ1) is 29.8. The normalized spacial score (nSPS) is 23.5. The van der Waals surface area contributed by atoms with E-state index in [0.717, 1.165) is 16.7 Å². The average Bonchev–Trinajstić information content (AvgIpc) is 3.59. The fraction of sp³-hybridized carbons (Fsp3) is 0.460. The Labute approximate surface area is 380 Å². The Balaban J connectivity index is 1.51. The number of nitrogens with zero attached hydrogens (tertiary/aromatic N) is 1. The van der Waals surface area contributed by atoms with Crippen LogP contribution in [0.4, 0.5) is 4.79 Å². The summed E-state index contributed by atoms with van der Waals surface area (Å²) in [4.78, 5) is 45.0. The molecule has 0 bridgehead atoms. The zero-order valence-electron chi connectivity index (χ0n) is 39.6. The predicted molar refractivity (Wildman–Crippen MR) is 251 cm³/mol. The van der Waals surface area contributed by atoms with Crippen LogP contribution >= 0.6 is 0 Å². The Hall–Kier alpha value is -4.68. The summed E-state index contributed by atoms with van der Waals surface area (Å²) in [5, 5.41) is 14.9. The van der Waals surface area contributed by atoms with Crippen molar-refractivity contribution in [1.82, 2.24) is 10.2 Å². The summed E-state index contributed by atoms with van der Waals surface area (Å²) in [6.07, 6.45) is -4.31. The summed E-state index contributed by atoms with van der Waals surface area (Å²) in [5.41, 5.74) is -2.83. The van der Waals surface area contributed by atoms with Gasteiger partial charge in [-0.1, -0.05) is 126 Å². The van der Waals surface area contributed by atoms with E-state index in [2.05, 4.69) is 46.9 Å². The molecule has 5 atom stereocenters. The molecule has 2 aliphatic rings. The van der Waals surface area contributed by atoms with E-state index in [0.29, 0.717) is 11.5 Å². The van der Waals surface area contributed by atoms with E-state index in [1.54, 1.807) is 51.5 Å². The van der Waals surface area contributed by atoms with Gasteiger partial charge in [0.25, 0.3) is 5.91 Å². The molecule has 2 fully saturated rings. The van der Waals surface area contributed by atoms with Crippen LogP contribution in [0, 0.1) is 0 Å². The molecular weight excluding hydrogens is 845 g/mol. The van der Waals surface area contributed by atoms with Crippen molar-refractivity contribution in [2.45, 2.75) is 127 Å². The molecule has 2 saturated heterocycles. The molecule has 6 rings (SSSR count). The van der Waals surface area contributed by atoms with Gasteiger partial charge in [-0.2, -0.15) is 0 Å². The van der Waals surface area contributed by atoms with Crippen molar-refractivity contribution in [1.29, 1.82) is 0 Å². The lowest BCUT2D eigenvalue weighted by Gasteiger charge is -2.54. The number of urea groups is 1. The maximum Gasteiger partial charge on any atom is 0.328 e. The molecule has 4 aromatic rings. The fourth-order valence-corrected chi connectivity index (χ4v) is 10.7. The zero-order valence-corrected chi connectivity index (χ0v) is 41.6. The van der Waals surface area contributed by atoms with Gasteiger partial charge in [0, 0.05) is 12.0 Å². The molecule has 0 unspecified atom stereocenters. The minimum atomic E-state index is -2.81. The minimum absolute atomic E-state index is 0.248. The second-order valence-corrected chi connectivity index (χ2v) is 29.6. The number of benzene rings is 4. The fourth-order valence-electron chi connectivity index (χ4n) is 7.90. The average molecular weight is 911 g/mol. The molecule has 0 aliphatic carbocycles. The molecule has 344 valence electrons. The SMILES string of the molecule is COc1ccc(C(OC[C@H]2O[C@@H](N3C(=O)NC(=O)[C@](C)(O[Si](C)(C)C(C)(C)C)[C@@H]3O[Si](C)(C)C(C)(C)C)C[C@@]2(O)C(=O)c2ccccc2)(c2ccccc2)c2ccc(OC)cc2)cc1. The summed E-state index contributed by atoms with van der Waals surface area (Å²) in [5.74, 6) is 0.0338. The van der Waals surface area contributed by atoms with Crippen LogP contribution < -0.4 is 14.8 Å². The molecule has 12 nitrogen and oxygen atoms in total. The molecule has 2 heterocycles. The van der Waals surface area contributed by atoms with Crippen LogP contribution in [0.25, 0.3) is 0 Å².